The molecular weight excluding hydrogens is 310 g/mol. The molecule has 1 saturated heterocycles. The third-order valence-electron chi connectivity index (χ3n) is 4.59. The maximum Gasteiger partial charge on any atom is 0.321 e. The maximum atomic E-state index is 12.6. The molecule has 4 heteroatoms. The van der Waals surface area contributed by atoms with E-state index >= 15 is 0 Å². The lowest BCUT2D eigenvalue weighted by Crippen LogP contribution is -2.50. The summed E-state index contributed by atoms with van der Waals surface area (Å²) in [6.45, 7) is 11.2. The first-order valence-corrected chi connectivity index (χ1v) is 8.67. The molecular formula is C21H25N3O. The Balaban J connectivity index is 1.60. The SMILES string of the molecule is C=C(C)c1ccccc1NC(=O)N1CCN(c2ccc(C)cc2)CC1. The first kappa shape index (κ1) is 17.1. The molecule has 1 aliphatic heterocycles. The molecule has 25 heavy (non-hydrogen) atoms. The number of nitrogens with zero attached hydrogens (tertiary/aromatic N) is 2. The van der Waals surface area contributed by atoms with Crippen molar-refractivity contribution in [1.82, 2.24) is 4.90 Å². The lowest BCUT2D eigenvalue weighted by Gasteiger charge is -2.36. The summed E-state index contributed by atoms with van der Waals surface area (Å²) in [5.41, 5.74) is 5.23. The number of piperazine rings is 1. The zero-order valence-corrected chi connectivity index (χ0v) is 15.0. The topological polar surface area (TPSA) is 35.6 Å². The minimum Gasteiger partial charge on any atom is -0.368 e. The maximum absolute atomic E-state index is 12.6. The third-order valence-corrected chi connectivity index (χ3v) is 4.59. The molecule has 0 unspecified atom stereocenters. The fraction of sp³-hybridized carbons (Fsp3) is 0.286. The summed E-state index contributed by atoms with van der Waals surface area (Å²) in [5, 5.41) is 3.03. The molecule has 1 fully saturated rings. The number of nitrogens with one attached hydrogen (secondary N) is 1. The van der Waals surface area contributed by atoms with Crippen LogP contribution in [-0.4, -0.2) is 37.1 Å². The number of anilines is 2. The van der Waals surface area contributed by atoms with Crippen molar-refractivity contribution in [2.45, 2.75) is 13.8 Å². The van der Waals surface area contributed by atoms with E-state index in [9.17, 15) is 4.79 Å². The number of hydrogen-bond donors (Lipinski definition) is 1. The summed E-state index contributed by atoms with van der Waals surface area (Å²) >= 11 is 0. The second-order valence-electron chi connectivity index (χ2n) is 6.57. The number of amides is 2. The van der Waals surface area contributed by atoms with Gasteiger partial charge < -0.3 is 15.1 Å². The Morgan fingerprint density at radius 2 is 1.64 bits per heavy atom. The number of benzene rings is 2. The number of urea groups is 1. The standard InChI is InChI=1S/C21H25N3O/c1-16(2)19-6-4-5-7-20(19)22-21(25)24-14-12-23(13-15-24)18-10-8-17(3)9-11-18/h4-11H,1,12-15H2,2-3H3,(H,22,25). The quantitative estimate of drug-likeness (QED) is 0.903. The van der Waals surface area contributed by atoms with Crippen molar-refractivity contribution in [2.24, 2.45) is 0 Å². The van der Waals surface area contributed by atoms with Crippen LogP contribution in [0.2, 0.25) is 0 Å². The van der Waals surface area contributed by atoms with Crippen LogP contribution >= 0.6 is 0 Å². The van der Waals surface area contributed by atoms with E-state index < -0.39 is 0 Å². The van der Waals surface area contributed by atoms with Crippen molar-refractivity contribution in [3.05, 3.63) is 66.2 Å². The lowest BCUT2D eigenvalue weighted by molar-refractivity contribution is 0.208. The Hall–Kier alpha value is -2.75. The summed E-state index contributed by atoms with van der Waals surface area (Å²) in [6.07, 6.45) is 0. The first-order valence-electron chi connectivity index (χ1n) is 8.67. The van der Waals surface area contributed by atoms with Crippen LogP contribution in [0.15, 0.2) is 55.1 Å². The van der Waals surface area contributed by atoms with Crippen LogP contribution in [0.3, 0.4) is 0 Å². The molecule has 0 atom stereocenters. The van der Waals surface area contributed by atoms with Gasteiger partial charge in [-0.05, 0) is 37.6 Å². The minimum atomic E-state index is -0.0442. The second-order valence-corrected chi connectivity index (χ2v) is 6.57. The van der Waals surface area contributed by atoms with Gasteiger partial charge in [0, 0.05) is 43.1 Å². The Labute approximate surface area is 149 Å². The Kier molecular flexibility index (Phi) is 5.08. The smallest absolute Gasteiger partial charge is 0.321 e. The third kappa shape index (κ3) is 4.02. The van der Waals surface area contributed by atoms with E-state index in [0.717, 1.165) is 43.0 Å². The molecule has 4 nitrogen and oxygen atoms in total. The van der Waals surface area contributed by atoms with Crippen LogP contribution in [-0.2, 0) is 0 Å². The Morgan fingerprint density at radius 1 is 1.00 bits per heavy atom. The van der Waals surface area contributed by atoms with Gasteiger partial charge in [-0.2, -0.15) is 0 Å². The highest BCUT2D eigenvalue weighted by molar-refractivity contribution is 5.93. The van der Waals surface area contributed by atoms with Gasteiger partial charge in [-0.25, -0.2) is 4.79 Å². The number of allylic oxidation sites excluding steroid dienone is 1. The predicted molar refractivity (Wildman–Crippen MR) is 105 cm³/mol. The van der Waals surface area contributed by atoms with Gasteiger partial charge in [0.15, 0.2) is 0 Å². The number of rotatable bonds is 3. The van der Waals surface area contributed by atoms with Crippen LogP contribution in [0.25, 0.3) is 5.57 Å². The number of carbonyl (C=O) groups excluding carboxylic acids is 1. The number of carbonyl (C=O) groups is 1. The molecule has 1 aliphatic rings. The van der Waals surface area contributed by atoms with Crippen LogP contribution in [0.1, 0.15) is 18.1 Å². The van der Waals surface area contributed by atoms with Gasteiger partial charge in [-0.15, -0.1) is 0 Å². The van der Waals surface area contributed by atoms with Gasteiger partial charge in [-0.1, -0.05) is 42.5 Å². The molecule has 0 spiro atoms. The van der Waals surface area contributed by atoms with Gasteiger partial charge in [0.1, 0.15) is 0 Å². The van der Waals surface area contributed by atoms with Crippen molar-refractivity contribution in [1.29, 1.82) is 0 Å². The summed E-state index contributed by atoms with van der Waals surface area (Å²) < 4.78 is 0. The molecule has 2 aromatic rings. The summed E-state index contributed by atoms with van der Waals surface area (Å²) in [5.74, 6) is 0. The number of para-hydroxylation sites is 1. The van der Waals surface area contributed by atoms with Gasteiger partial charge in [0.2, 0.25) is 0 Å². The number of aryl methyl sites for hydroxylation is 1. The molecule has 130 valence electrons. The molecule has 1 N–H and O–H groups in total. The fourth-order valence-electron chi connectivity index (χ4n) is 3.08. The van der Waals surface area contributed by atoms with Gasteiger partial charge in [0.05, 0.1) is 0 Å². The normalized spacial score (nSPS) is 14.3. The molecule has 2 aromatic carbocycles. The average Bonchev–Trinajstić information content (AvgIpc) is 2.63. The van der Waals surface area contributed by atoms with Crippen molar-refractivity contribution in [3.63, 3.8) is 0 Å². The predicted octanol–water partition coefficient (Wildman–Crippen LogP) is 4.38. The highest BCUT2D eigenvalue weighted by atomic mass is 16.2. The molecule has 0 radical (unpaired) electrons. The van der Waals surface area contributed by atoms with Crippen LogP contribution in [0.5, 0.6) is 0 Å². The molecule has 1 heterocycles. The van der Waals surface area contributed by atoms with Gasteiger partial charge >= 0.3 is 6.03 Å². The van der Waals surface area contributed by atoms with E-state index in [1.165, 1.54) is 11.3 Å². The zero-order chi connectivity index (χ0) is 17.8. The van der Waals surface area contributed by atoms with E-state index in [1.54, 1.807) is 0 Å². The van der Waals surface area contributed by atoms with E-state index in [2.05, 4.69) is 48.0 Å². The number of hydrogen-bond acceptors (Lipinski definition) is 2. The van der Waals surface area contributed by atoms with Crippen molar-refractivity contribution in [2.75, 3.05) is 36.4 Å². The molecule has 0 saturated carbocycles. The molecule has 0 aromatic heterocycles. The summed E-state index contributed by atoms with van der Waals surface area (Å²) in [7, 11) is 0. The zero-order valence-electron chi connectivity index (χ0n) is 15.0. The largest absolute Gasteiger partial charge is 0.368 e. The summed E-state index contributed by atoms with van der Waals surface area (Å²) in [4.78, 5) is 16.8. The Morgan fingerprint density at radius 3 is 2.28 bits per heavy atom. The van der Waals surface area contributed by atoms with E-state index in [0.29, 0.717) is 0 Å². The Bertz CT molecular complexity index is 759. The van der Waals surface area contributed by atoms with Crippen molar-refractivity contribution >= 4 is 23.0 Å². The fourth-order valence-corrected chi connectivity index (χ4v) is 3.08. The minimum absolute atomic E-state index is 0.0442. The second kappa shape index (κ2) is 7.43. The van der Waals surface area contributed by atoms with E-state index in [-0.39, 0.29) is 6.03 Å². The van der Waals surface area contributed by atoms with Gasteiger partial charge in [0.25, 0.3) is 0 Å². The highest BCUT2D eigenvalue weighted by Crippen LogP contribution is 2.23. The molecule has 0 bridgehead atoms. The van der Waals surface area contributed by atoms with Crippen LogP contribution in [0.4, 0.5) is 16.2 Å². The van der Waals surface area contributed by atoms with Crippen molar-refractivity contribution < 1.29 is 4.79 Å². The van der Waals surface area contributed by atoms with Crippen LogP contribution in [0, 0.1) is 6.92 Å². The monoisotopic (exact) mass is 335 g/mol. The first-order chi connectivity index (χ1) is 12.0. The van der Waals surface area contributed by atoms with Crippen molar-refractivity contribution in [3.8, 4) is 0 Å². The van der Waals surface area contributed by atoms with E-state index in [4.69, 9.17) is 0 Å². The van der Waals surface area contributed by atoms with E-state index in [1.807, 2.05) is 36.1 Å². The van der Waals surface area contributed by atoms with Crippen LogP contribution < -0.4 is 10.2 Å². The average molecular weight is 335 g/mol. The molecule has 2 amide bonds. The van der Waals surface area contributed by atoms with Gasteiger partial charge in [-0.3, -0.25) is 0 Å². The lowest BCUT2D eigenvalue weighted by atomic mass is 10.1. The molecule has 0 aliphatic carbocycles. The molecule has 3 rings (SSSR count). The summed E-state index contributed by atoms with van der Waals surface area (Å²) in [6, 6.07) is 16.3. The highest BCUT2D eigenvalue weighted by Gasteiger charge is 2.21.